The summed E-state index contributed by atoms with van der Waals surface area (Å²) in [5.74, 6) is 0. The molecular weight excluding hydrogens is 256 g/mol. The number of hydrogen-bond donors (Lipinski definition) is 2. The van der Waals surface area contributed by atoms with Crippen molar-refractivity contribution in [3.8, 4) is 0 Å². The first kappa shape index (κ1) is 12.8. The first-order chi connectivity index (χ1) is 9.28. The molecule has 19 heavy (non-hydrogen) atoms. The quantitative estimate of drug-likeness (QED) is 0.903. The summed E-state index contributed by atoms with van der Waals surface area (Å²) in [5, 5.41) is 13.5. The van der Waals surface area contributed by atoms with Gasteiger partial charge in [-0.3, -0.25) is 0 Å². The van der Waals surface area contributed by atoms with E-state index in [9.17, 15) is 5.11 Å². The number of rotatable bonds is 3. The van der Waals surface area contributed by atoms with Crippen LogP contribution in [0.5, 0.6) is 0 Å². The zero-order valence-electron chi connectivity index (χ0n) is 10.7. The largest absolute Gasteiger partial charge is 0.385 e. The molecule has 0 aliphatic heterocycles. The number of hydrogen-bond acceptors (Lipinski definition) is 4. The third-order valence-corrected chi connectivity index (χ3v) is 5.02. The molecule has 1 aliphatic rings. The second kappa shape index (κ2) is 5.04. The third-order valence-electron chi connectivity index (χ3n) is 4.20. The molecule has 4 heteroatoms. The lowest BCUT2D eigenvalue weighted by Gasteiger charge is -2.41. The fraction of sp³-hybridized carbons (Fsp3) is 0.400. The minimum absolute atomic E-state index is 0.382. The van der Waals surface area contributed by atoms with Gasteiger partial charge in [-0.15, -0.1) is 11.3 Å². The van der Waals surface area contributed by atoms with Crippen molar-refractivity contribution in [3.63, 3.8) is 0 Å². The molecular formula is C15H18N2OS. The fourth-order valence-corrected chi connectivity index (χ4v) is 3.90. The van der Waals surface area contributed by atoms with Gasteiger partial charge < -0.3 is 10.8 Å². The first-order valence-electron chi connectivity index (χ1n) is 6.64. The SMILES string of the molecule is NCC1(C(O)c2nccs2)CCCc2ccccc21. The molecule has 2 unspecified atom stereocenters. The summed E-state index contributed by atoms with van der Waals surface area (Å²) < 4.78 is 0. The van der Waals surface area contributed by atoms with Crippen LogP contribution in [-0.4, -0.2) is 16.6 Å². The predicted octanol–water partition coefficient (Wildman–Crippen LogP) is 2.41. The maximum absolute atomic E-state index is 10.8. The lowest BCUT2D eigenvalue weighted by Crippen LogP contribution is -2.43. The highest BCUT2D eigenvalue weighted by molar-refractivity contribution is 7.09. The highest BCUT2D eigenvalue weighted by Gasteiger charge is 2.43. The molecule has 1 aromatic carbocycles. The van der Waals surface area contributed by atoms with Gasteiger partial charge in [-0.25, -0.2) is 4.98 Å². The highest BCUT2D eigenvalue weighted by atomic mass is 32.1. The van der Waals surface area contributed by atoms with Crippen molar-refractivity contribution >= 4 is 11.3 Å². The van der Waals surface area contributed by atoms with E-state index in [1.54, 1.807) is 6.20 Å². The van der Waals surface area contributed by atoms with Gasteiger partial charge in [0, 0.05) is 23.5 Å². The Morgan fingerprint density at radius 2 is 2.26 bits per heavy atom. The van der Waals surface area contributed by atoms with E-state index in [2.05, 4.69) is 23.2 Å². The Hall–Kier alpha value is -1.23. The van der Waals surface area contributed by atoms with E-state index in [4.69, 9.17) is 5.73 Å². The number of aromatic nitrogens is 1. The van der Waals surface area contributed by atoms with Crippen LogP contribution >= 0.6 is 11.3 Å². The van der Waals surface area contributed by atoms with Crippen molar-refractivity contribution in [3.05, 3.63) is 52.0 Å². The van der Waals surface area contributed by atoms with Crippen LogP contribution in [0.1, 0.15) is 35.1 Å². The van der Waals surface area contributed by atoms with E-state index >= 15 is 0 Å². The van der Waals surface area contributed by atoms with Crippen LogP contribution in [0.25, 0.3) is 0 Å². The minimum atomic E-state index is -0.612. The summed E-state index contributed by atoms with van der Waals surface area (Å²) in [5.41, 5.74) is 8.21. The molecule has 3 nitrogen and oxygen atoms in total. The average molecular weight is 274 g/mol. The van der Waals surface area contributed by atoms with Crippen molar-refractivity contribution in [2.75, 3.05) is 6.54 Å². The Bertz CT molecular complexity index is 555. The van der Waals surface area contributed by atoms with Crippen LogP contribution in [0.4, 0.5) is 0 Å². The fourth-order valence-electron chi connectivity index (χ4n) is 3.17. The van der Waals surface area contributed by atoms with Gasteiger partial charge in [0.25, 0.3) is 0 Å². The molecule has 100 valence electrons. The lowest BCUT2D eigenvalue weighted by molar-refractivity contribution is 0.0716. The van der Waals surface area contributed by atoms with Crippen molar-refractivity contribution < 1.29 is 5.11 Å². The van der Waals surface area contributed by atoms with Gasteiger partial charge in [-0.2, -0.15) is 0 Å². The summed E-state index contributed by atoms with van der Waals surface area (Å²) >= 11 is 1.50. The van der Waals surface area contributed by atoms with Crippen LogP contribution < -0.4 is 5.73 Å². The number of nitrogens with zero attached hydrogens (tertiary/aromatic N) is 1. The Morgan fingerprint density at radius 1 is 1.42 bits per heavy atom. The van der Waals surface area contributed by atoms with Crippen LogP contribution in [0, 0.1) is 0 Å². The Morgan fingerprint density at radius 3 is 3.00 bits per heavy atom. The maximum Gasteiger partial charge on any atom is 0.122 e. The molecule has 0 bridgehead atoms. The van der Waals surface area contributed by atoms with Gasteiger partial charge in [0.2, 0.25) is 0 Å². The number of fused-ring (bicyclic) bond motifs is 1. The Labute approximate surface area is 117 Å². The van der Waals surface area contributed by atoms with E-state index in [1.807, 2.05) is 11.4 Å². The average Bonchev–Trinajstić information content (AvgIpc) is 3.00. The van der Waals surface area contributed by atoms with Crippen LogP contribution in [-0.2, 0) is 11.8 Å². The normalized spacial score (nSPS) is 23.9. The summed E-state index contributed by atoms with van der Waals surface area (Å²) in [6, 6.07) is 8.34. The predicted molar refractivity (Wildman–Crippen MR) is 77.2 cm³/mol. The Kier molecular flexibility index (Phi) is 3.39. The Balaban J connectivity index is 2.10. The van der Waals surface area contributed by atoms with E-state index < -0.39 is 6.10 Å². The second-order valence-corrected chi connectivity index (χ2v) is 6.07. The summed E-state index contributed by atoms with van der Waals surface area (Å²) in [6.07, 6.45) is 4.18. The van der Waals surface area contributed by atoms with E-state index in [0.717, 1.165) is 24.3 Å². The molecule has 1 aromatic heterocycles. The number of nitrogens with two attached hydrogens (primary N) is 1. The molecule has 0 spiro atoms. The first-order valence-corrected chi connectivity index (χ1v) is 7.52. The zero-order chi connectivity index (χ0) is 13.3. The van der Waals surface area contributed by atoms with E-state index in [0.29, 0.717) is 6.54 Å². The van der Waals surface area contributed by atoms with Gasteiger partial charge in [-0.05, 0) is 30.4 Å². The van der Waals surface area contributed by atoms with Crippen LogP contribution in [0.2, 0.25) is 0 Å². The number of aryl methyl sites for hydroxylation is 1. The van der Waals surface area contributed by atoms with Crippen LogP contribution in [0.15, 0.2) is 35.8 Å². The van der Waals surface area contributed by atoms with Gasteiger partial charge in [0.15, 0.2) is 0 Å². The zero-order valence-corrected chi connectivity index (χ0v) is 11.6. The summed E-state index contributed by atoms with van der Waals surface area (Å²) in [6.45, 7) is 0.449. The standard InChI is InChI=1S/C15H18N2OS/c16-10-15(13(18)14-17-8-9-19-14)7-3-5-11-4-1-2-6-12(11)15/h1-2,4,6,8-9,13,18H,3,5,7,10,16H2. The van der Waals surface area contributed by atoms with Gasteiger partial charge in [0.1, 0.15) is 11.1 Å². The number of aliphatic hydroxyl groups is 1. The summed E-state index contributed by atoms with van der Waals surface area (Å²) in [7, 11) is 0. The van der Waals surface area contributed by atoms with Crippen LogP contribution in [0.3, 0.4) is 0 Å². The number of benzene rings is 1. The molecule has 0 amide bonds. The molecule has 1 heterocycles. The number of aliphatic hydroxyl groups excluding tert-OH is 1. The molecule has 0 saturated heterocycles. The summed E-state index contributed by atoms with van der Waals surface area (Å²) in [4.78, 5) is 4.27. The van der Waals surface area contributed by atoms with Crippen molar-refractivity contribution in [1.82, 2.24) is 4.98 Å². The molecule has 2 aromatic rings. The second-order valence-electron chi connectivity index (χ2n) is 5.14. The van der Waals surface area contributed by atoms with Crippen molar-refractivity contribution in [2.24, 2.45) is 5.73 Å². The highest BCUT2D eigenvalue weighted by Crippen LogP contribution is 2.45. The van der Waals surface area contributed by atoms with E-state index in [-0.39, 0.29) is 5.41 Å². The number of thiazole rings is 1. The molecule has 1 aliphatic carbocycles. The van der Waals surface area contributed by atoms with E-state index in [1.165, 1.54) is 22.5 Å². The molecule has 3 N–H and O–H groups in total. The molecule has 0 fully saturated rings. The van der Waals surface area contributed by atoms with Gasteiger partial charge in [-0.1, -0.05) is 24.3 Å². The van der Waals surface area contributed by atoms with Crippen molar-refractivity contribution in [1.29, 1.82) is 0 Å². The van der Waals surface area contributed by atoms with Gasteiger partial charge >= 0.3 is 0 Å². The molecule has 0 saturated carbocycles. The monoisotopic (exact) mass is 274 g/mol. The smallest absolute Gasteiger partial charge is 0.122 e. The molecule has 3 rings (SSSR count). The minimum Gasteiger partial charge on any atom is -0.385 e. The van der Waals surface area contributed by atoms with Crippen molar-refractivity contribution in [2.45, 2.75) is 30.8 Å². The third kappa shape index (κ3) is 2.00. The molecule has 0 radical (unpaired) electrons. The topological polar surface area (TPSA) is 59.1 Å². The van der Waals surface area contributed by atoms with Gasteiger partial charge in [0.05, 0.1) is 0 Å². The lowest BCUT2D eigenvalue weighted by atomic mass is 9.66. The molecule has 2 atom stereocenters. The maximum atomic E-state index is 10.8.